The third-order valence-corrected chi connectivity index (χ3v) is 21.6. The average molecular weight is 533 g/mol. The fraction of sp³-hybridized carbons (Fsp3) is 0.679. The molecule has 1 aliphatic heterocycles. The van der Waals surface area contributed by atoms with Crippen LogP contribution in [0.4, 0.5) is 0 Å². The van der Waals surface area contributed by atoms with Gasteiger partial charge >= 0.3 is 197 Å². The molecule has 1 aliphatic rings. The van der Waals surface area contributed by atoms with E-state index in [1.807, 2.05) is 30.3 Å². The molecule has 0 amide bonds. The van der Waals surface area contributed by atoms with Crippen LogP contribution in [0.5, 0.6) is 0 Å². The van der Waals surface area contributed by atoms with E-state index in [1.54, 1.807) is 5.57 Å². The normalized spacial score (nSPS) is 18.6. The molecule has 0 saturated carbocycles. The van der Waals surface area contributed by atoms with Crippen molar-refractivity contribution in [2.45, 2.75) is 92.9 Å². The molecule has 1 aromatic rings. The van der Waals surface area contributed by atoms with Crippen LogP contribution >= 0.6 is 0 Å². The van der Waals surface area contributed by atoms with Crippen molar-refractivity contribution in [2.24, 2.45) is 11.3 Å². The van der Waals surface area contributed by atoms with Gasteiger partial charge in [0.1, 0.15) is 0 Å². The molecule has 1 heterocycles. The van der Waals surface area contributed by atoms with E-state index in [0.717, 1.165) is 18.8 Å². The van der Waals surface area contributed by atoms with Gasteiger partial charge in [-0.25, -0.2) is 0 Å². The van der Waals surface area contributed by atoms with E-state index in [1.165, 1.54) is 51.8 Å². The quantitative estimate of drug-likeness (QED) is 0.178. The first-order valence-electron chi connectivity index (χ1n) is 12.7. The van der Waals surface area contributed by atoms with Gasteiger partial charge in [-0.2, -0.15) is 0 Å². The summed E-state index contributed by atoms with van der Waals surface area (Å²) in [6.07, 6.45) is 8.65. The Morgan fingerprint density at radius 1 is 1.00 bits per heavy atom. The molecule has 1 fully saturated rings. The molecular weight excluding hydrogens is 487 g/mol. The number of hydrogen-bond donors (Lipinski definition) is 0. The summed E-state index contributed by atoms with van der Waals surface area (Å²) in [5.74, 6) is 0.635. The second-order valence-electron chi connectivity index (χ2n) is 10.4. The fourth-order valence-electron chi connectivity index (χ4n) is 5.21. The van der Waals surface area contributed by atoms with Gasteiger partial charge in [0.2, 0.25) is 0 Å². The van der Waals surface area contributed by atoms with Crippen LogP contribution < -0.4 is 0 Å². The van der Waals surface area contributed by atoms with Crippen molar-refractivity contribution in [3.63, 3.8) is 0 Å². The Labute approximate surface area is 196 Å². The zero-order chi connectivity index (χ0) is 22.7. The van der Waals surface area contributed by atoms with E-state index in [4.69, 9.17) is 4.74 Å². The Morgan fingerprint density at radius 3 is 2.06 bits per heavy atom. The number of unbranched alkanes of at least 4 members (excludes halogenated alkanes) is 3. The van der Waals surface area contributed by atoms with Crippen LogP contribution in [-0.4, -0.2) is 37.4 Å². The molecule has 1 unspecified atom stereocenters. The van der Waals surface area contributed by atoms with Crippen molar-refractivity contribution in [3.8, 4) is 0 Å². The Hall–Kier alpha value is -0.611. The number of ether oxygens (including phenoxy) is 1. The fourth-order valence-corrected chi connectivity index (χ4v) is 20.7. The molecule has 31 heavy (non-hydrogen) atoms. The van der Waals surface area contributed by atoms with Crippen molar-refractivity contribution in [1.29, 1.82) is 0 Å². The van der Waals surface area contributed by atoms with Gasteiger partial charge in [0.25, 0.3) is 0 Å². The molecule has 1 atom stereocenters. The monoisotopic (exact) mass is 534 g/mol. The summed E-state index contributed by atoms with van der Waals surface area (Å²) in [6, 6.07) is 9.79. The zero-order valence-corrected chi connectivity index (χ0v) is 23.7. The van der Waals surface area contributed by atoms with E-state index < -0.39 is 18.4 Å². The number of rotatable bonds is 14. The van der Waals surface area contributed by atoms with Gasteiger partial charge in [-0.3, -0.25) is 0 Å². The molecule has 0 N–H and O–H groups in total. The zero-order valence-electron chi connectivity index (χ0n) is 20.8. The Morgan fingerprint density at radius 2 is 1.55 bits per heavy atom. The van der Waals surface area contributed by atoms with Crippen molar-refractivity contribution >= 4 is 24.2 Å². The third kappa shape index (κ3) is 8.03. The minimum absolute atomic E-state index is 0.0763. The number of hydrogen-bond acceptors (Lipinski definition) is 2. The molecule has 2 rings (SSSR count). The molecule has 1 saturated heterocycles. The molecule has 0 aromatic heterocycles. The Kier molecular flexibility index (Phi) is 11.3. The molecule has 1 aromatic carbocycles. The van der Waals surface area contributed by atoms with Crippen LogP contribution in [0.1, 0.15) is 89.9 Å². The van der Waals surface area contributed by atoms with Crippen LogP contribution in [0.25, 0.3) is 0 Å². The summed E-state index contributed by atoms with van der Waals surface area (Å²) in [5, 5.41) is 0. The third-order valence-electron chi connectivity index (χ3n) is 7.23. The summed E-state index contributed by atoms with van der Waals surface area (Å²) in [6.45, 7) is 13.1. The van der Waals surface area contributed by atoms with E-state index in [-0.39, 0.29) is 11.2 Å². The van der Waals surface area contributed by atoms with Gasteiger partial charge in [0, 0.05) is 0 Å². The summed E-state index contributed by atoms with van der Waals surface area (Å²) < 4.78 is 13.4. The minimum atomic E-state index is -2.38. The predicted octanol–water partition coefficient (Wildman–Crippen LogP) is 8.25. The van der Waals surface area contributed by atoms with Crippen LogP contribution in [0.15, 0.2) is 40.0 Å². The predicted molar refractivity (Wildman–Crippen MR) is 136 cm³/mol. The number of Topliss-reactive ketones (excluding diaryl/α,β-unsaturated/α-hetero) is 1. The summed E-state index contributed by atoms with van der Waals surface area (Å²) in [4.78, 5) is 13.0. The summed E-state index contributed by atoms with van der Waals surface area (Å²) >= 11 is -2.38. The molecule has 0 spiro atoms. The first-order valence-corrected chi connectivity index (χ1v) is 20.5. The molecule has 0 aliphatic carbocycles. The van der Waals surface area contributed by atoms with Crippen molar-refractivity contribution < 1.29 is 9.53 Å². The SMILES string of the molecule is CCC[CH2][Sn](/[CH]=C1\COCC1C(C)(C)CC(=O)c1ccccc1)([CH2]CCC)[CH2]CCC. The number of carbonyl (C=O) groups is 1. The van der Waals surface area contributed by atoms with Gasteiger partial charge in [-0.15, -0.1) is 0 Å². The average Bonchev–Trinajstić information content (AvgIpc) is 3.24. The van der Waals surface area contributed by atoms with Crippen LogP contribution in [-0.2, 0) is 4.74 Å². The van der Waals surface area contributed by atoms with Gasteiger partial charge in [-0.05, 0) is 0 Å². The van der Waals surface area contributed by atoms with Crippen molar-refractivity contribution in [3.05, 3.63) is 45.6 Å². The van der Waals surface area contributed by atoms with Gasteiger partial charge < -0.3 is 0 Å². The first kappa shape index (κ1) is 26.6. The summed E-state index contributed by atoms with van der Waals surface area (Å²) in [5.41, 5.74) is 2.31. The molecule has 2 nitrogen and oxygen atoms in total. The van der Waals surface area contributed by atoms with Crippen molar-refractivity contribution in [1.82, 2.24) is 0 Å². The van der Waals surface area contributed by atoms with Crippen LogP contribution in [0.3, 0.4) is 0 Å². The topological polar surface area (TPSA) is 26.3 Å². The van der Waals surface area contributed by atoms with E-state index in [9.17, 15) is 4.79 Å². The number of carbonyl (C=O) groups excluding carboxylic acids is 1. The van der Waals surface area contributed by atoms with Crippen LogP contribution in [0, 0.1) is 11.3 Å². The molecule has 0 radical (unpaired) electrons. The van der Waals surface area contributed by atoms with Gasteiger partial charge in [0.15, 0.2) is 0 Å². The molecular formula is C28H46O2Sn. The maximum absolute atomic E-state index is 13.0. The second-order valence-corrected chi connectivity index (χ2v) is 23.3. The van der Waals surface area contributed by atoms with Gasteiger partial charge in [0.05, 0.1) is 0 Å². The Balaban J connectivity index is 2.27. The standard InChI is InChI=1S/C16H19O2.3C4H9.Sn/c1-12-10-18-11-14(12)16(2,3)9-15(17)13-7-5-4-6-8-13;3*1-3-4-2;/h1,4-8,14H,9-11H2,2-3H3;3*1,3-4H2,2H3;. The first-order chi connectivity index (χ1) is 14.9. The van der Waals surface area contributed by atoms with E-state index in [2.05, 4.69) is 38.7 Å². The van der Waals surface area contributed by atoms with Crippen LogP contribution in [0.2, 0.25) is 13.3 Å². The van der Waals surface area contributed by atoms with Crippen molar-refractivity contribution in [2.75, 3.05) is 13.2 Å². The number of benzene rings is 1. The molecule has 3 heteroatoms. The molecule has 0 bridgehead atoms. The van der Waals surface area contributed by atoms with Gasteiger partial charge in [-0.1, -0.05) is 0 Å². The second kappa shape index (κ2) is 13.2. The number of ketones is 1. The van der Waals surface area contributed by atoms with E-state index >= 15 is 0 Å². The molecule has 174 valence electrons. The van der Waals surface area contributed by atoms with E-state index in [0.29, 0.717) is 12.3 Å². The summed E-state index contributed by atoms with van der Waals surface area (Å²) in [7, 11) is 0. The maximum atomic E-state index is 13.0. The Bertz CT molecular complexity index is 670.